The highest BCUT2D eigenvalue weighted by atomic mass is 127. The van der Waals surface area contributed by atoms with E-state index in [1.807, 2.05) is 11.7 Å². The van der Waals surface area contributed by atoms with Crippen LogP contribution in [-0.2, 0) is 13.5 Å². The summed E-state index contributed by atoms with van der Waals surface area (Å²) in [5.74, 6) is 0.928. The van der Waals surface area contributed by atoms with Gasteiger partial charge in [-0.3, -0.25) is 19.5 Å². The van der Waals surface area contributed by atoms with Crippen molar-refractivity contribution in [2.45, 2.75) is 46.2 Å². The minimum atomic E-state index is 0. The Hall–Kier alpha value is -0.870. The van der Waals surface area contributed by atoms with Gasteiger partial charge in [0, 0.05) is 64.1 Å². The van der Waals surface area contributed by atoms with E-state index >= 15 is 0 Å². The van der Waals surface area contributed by atoms with Crippen LogP contribution in [0.3, 0.4) is 0 Å². The summed E-state index contributed by atoms with van der Waals surface area (Å²) in [4.78, 5) is 10.1. The number of hydrogen-bond donors (Lipinski definition) is 2. The van der Waals surface area contributed by atoms with Gasteiger partial charge in [-0.15, -0.1) is 24.0 Å². The first kappa shape index (κ1) is 22.4. The topological polar surface area (TPSA) is 60.7 Å². The third-order valence-electron chi connectivity index (χ3n) is 5.75. The molecule has 2 unspecified atom stereocenters. The summed E-state index contributed by atoms with van der Waals surface area (Å²) in [6.07, 6.45) is 0.958. The smallest absolute Gasteiger partial charge is 0.191 e. The molecule has 3 aliphatic heterocycles. The molecule has 2 bridgehead atoms. The molecule has 0 aromatic carbocycles. The van der Waals surface area contributed by atoms with Crippen molar-refractivity contribution in [2.75, 3.05) is 45.8 Å². The average molecular weight is 489 g/mol. The maximum atomic E-state index is 4.89. The molecule has 7 nitrogen and oxygen atoms in total. The number of nitrogens with one attached hydrogen (secondary N) is 2. The molecule has 1 aromatic rings. The fraction of sp³-hybridized carbons (Fsp3) is 0.789. The molecule has 0 spiro atoms. The molecule has 3 aliphatic rings. The molecule has 4 rings (SSSR count). The van der Waals surface area contributed by atoms with Crippen LogP contribution in [-0.4, -0.2) is 83.4 Å². The molecule has 0 aliphatic carbocycles. The van der Waals surface area contributed by atoms with E-state index in [0.29, 0.717) is 12.1 Å². The summed E-state index contributed by atoms with van der Waals surface area (Å²) in [5.41, 5.74) is 3.71. The van der Waals surface area contributed by atoms with Crippen molar-refractivity contribution in [2.24, 2.45) is 12.0 Å². The molecule has 3 fully saturated rings. The first-order valence-corrected chi connectivity index (χ1v) is 9.98. The lowest BCUT2D eigenvalue weighted by Gasteiger charge is -2.47. The number of halogens is 1. The first-order valence-electron chi connectivity index (χ1n) is 9.98. The minimum absolute atomic E-state index is 0. The highest BCUT2D eigenvalue weighted by Gasteiger charge is 2.31. The number of aromatic nitrogens is 2. The van der Waals surface area contributed by atoms with Gasteiger partial charge >= 0.3 is 0 Å². The summed E-state index contributed by atoms with van der Waals surface area (Å²) in [5, 5.41) is 11.5. The van der Waals surface area contributed by atoms with Crippen LogP contribution in [0.1, 0.15) is 30.8 Å². The third kappa shape index (κ3) is 5.57. The van der Waals surface area contributed by atoms with E-state index in [1.54, 1.807) is 0 Å². The zero-order valence-corrected chi connectivity index (χ0v) is 19.8. The van der Waals surface area contributed by atoms with Crippen LogP contribution in [0.15, 0.2) is 4.99 Å². The summed E-state index contributed by atoms with van der Waals surface area (Å²) >= 11 is 0. The van der Waals surface area contributed by atoms with Gasteiger partial charge in [0.25, 0.3) is 0 Å². The highest BCUT2D eigenvalue weighted by Crippen LogP contribution is 2.16. The second kappa shape index (κ2) is 10.1. The van der Waals surface area contributed by atoms with Crippen molar-refractivity contribution in [3.63, 3.8) is 0 Å². The zero-order chi connectivity index (χ0) is 18.7. The Morgan fingerprint density at radius 2 is 1.96 bits per heavy atom. The number of fused-ring (bicyclic) bond motifs is 3. The first-order chi connectivity index (χ1) is 12.5. The van der Waals surface area contributed by atoms with Gasteiger partial charge in [0.05, 0.1) is 12.2 Å². The number of nitrogens with zero attached hydrogens (tertiary/aromatic N) is 5. The molecule has 154 valence electrons. The number of hydrogen-bond acceptors (Lipinski definition) is 4. The Morgan fingerprint density at radius 3 is 2.48 bits per heavy atom. The van der Waals surface area contributed by atoms with Crippen LogP contribution < -0.4 is 10.6 Å². The van der Waals surface area contributed by atoms with Crippen molar-refractivity contribution < 1.29 is 0 Å². The Balaban J connectivity index is 0.00000261. The lowest BCUT2D eigenvalue weighted by atomic mass is 10.1. The van der Waals surface area contributed by atoms with E-state index in [4.69, 9.17) is 4.99 Å². The van der Waals surface area contributed by atoms with Gasteiger partial charge in [-0.1, -0.05) is 0 Å². The molecule has 8 heteroatoms. The molecule has 0 radical (unpaired) electrons. The van der Waals surface area contributed by atoms with Crippen LogP contribution in [0, 0.1) is 13.8 Å². The quantitative estimate of drug-likeness (QED) is 0.357. The number of aliphatic imine (C=N–C) groups is 1. The molecule has 2 N–H and O–H groups in total. The summed E-state index contributed by atoms with van der Waals surface area (Å²) in [6.45, 7) is 16.3. The number of rotatable bonds is 6. The van der Waals surface area contributed by atoms with Gasteiger partial charge in [0.15, 0.2) is 5.96 Å². The minimum Gasteiger partial charge on any atom is -0.357 e. The molecule has 2 atom stereocenters. The van der Waals surface area contributed by atoms with Gasteiger partial charge in [0.1, 0.15) is 0 Å². The van der Waals surface area contributed by atoms with Gasteiger partial charge in [-0.05, 0) is 39.7 Å². The van der Waals surface area contributed by atoms with Gasteiger partial charge in [-0.2, -0.15) is 5.10 Å². The van der Waals surface area contributed by atoms with Gasteiger partial charge in [-0.25, -0.2) is 0 Å². The van der Waals surface area contributed by atoms with Crippen molar-refractivity contribution in [1.29, 1.82) is 0 Å². The van der Waals surface area contributed by atoms with E-state index in [0.717, 1.165) is 37.7 Å². The monoisotopic (exact) mass is 489 g/mol. The molecular formula is C19H36IN7. The van der Waals surface area contributed by atoms with E-state index < -0.39 is 0 Å². The summed E-state index contributed by atoms with van der Waals surface area (Å²) in [6, 6.07) is 0.868. The fourth-order valence-electron chi connectivity index (χ4n) is 4.12. The summed E-state index contributed by atoms with van der Waals surface area (Å²) in [7, 11) is 2.01. The van der Waals surface area contributed by atoms with E-state index in [2.05, 4.69) is 53.2 Å². The van der Waals surface area contributed by atoms with Crippen LogP contribution >= 0.6 is 24.0 Å². The Morgan fingerprint density at radius 1 is 1.26 bits per heavy atom. The molecule has 3 saturated heterocycles. The number of aryl methyl sites for hydroxylation is 2. The van der Waals surface area contributed by atoms with Gasteiger partial charge < -0.3 is 10.6 Å². The summed E-state index contributed by atoms with van der Waals surface area (Å²) < 4.78 is 1.97. The van der Waals surface area contributed by atoms with E-state index in [-0.39, 0.29) is 24.0 Å². The van der Waals surface area contributed by atoms with Gasteiger partial charge in [0.2, 0.25) is 0 Å². The predicted molar refractivity (Wildman–Crippen MR) is 122 cm³/mol. The largest absolute Gasteiger partial charge is 0.357 e. The Labute approximate surface area is 181 Å². The Kier molecular flexibility index (Phi) is 8.36. The SMILES string of the molecule is CCNC(=NCC1CN2CCN1CC2)NC(C)Cc1c(C)nn(C)c1C.I. The normalized spacial score (nSPS) is 25.8. The maximum absolute atomic E-state index is 4.89. The van der Waals surface area contributed by atoms with Crippen LogP contribution in [0.2, 0.25) is 0 Å². The molecule has 27 heavy (non-hydrogen) atoms. The van der Waals surface area contributed by atoms with E-state index in [1.165, 1.54) is 37.4 Å². The van der Waals surface area contributed by atoms with Crippen LogP contribution in [0.25, 0.3) is 0 Å². The predicted octanol–water partition coefficient (Wildman–Crippen LogP) is 1.14. The van der Waals surface area contributed by atoms with Crippen molar-refractivity contribution in [3.8, 4) is 0 Å². The highest BCUT2D eigenvalue weighted by molar-refractivity contribution is 14.0. The standard InChI is InChI=1S/C19H35N7.HI/c1-6-20-19(21-12-17-13-25-7-9-26(17)10-8-25)22-14(2)11-18-15(3)23-24(5)16(18)4;/h14,17H,6-13H2,1-5H3,(H2,20,21,22);1H. The molecule has 0 saturated carbocycles. The third-order valence-corrected chi connectivity index (χ3v) is 5.75. The molecule has 0 amide bonds. The second-order valence-corrected chi connectivity index (χ2v) is 7.73. The van der Waals surface area contributed by atoms with Crippen molar-refractivity contribution in [1.82, 2.24) is 30.2 Å². The number of guanidine groups is 1. The molecular weight excluding hydrogens is 453 g/mol. The maximum Gasteiger partial charge on any atom is 0.191 e. The van der Waals surface area contributed by atoms with Crippen LogP contribution in [0.4, 0.5) is 0 Å². The Bertz CT molecular complexity index is 634. The lowest BCUT2D eigenvalue weighted by molar-refractivity contribution is 0.0174. The second-order valence-electron chi connectivity index (χ2n) is 7.73. The van der Waals surface area contributed by atoms with Crippen molar-refractivity contribution >= 4 is 29.9 Å². The van der Waals surface area contributed by atoms with E-state index in [9.17, 15) is 0 Å². The zero-order valence-electron chi connectivity index (χ0n) is 17.5. The lowest BCUT2D eigenvalue weighted by Crippen LogP contribution is -2.62. The average Bonchev–Trinajstić information content (AvgIpc) is 2.87. The molecule has 1 aromatic heterocycles. The van der Waals surface area contributed by atoms with Crippen LogP contribution in [0.5, 0.6) is 0 Å². The fourth-order valence-corrected chi connectivity index (χ4v) is 4.12. The number of piperazine rings is 3. The van der Waals surface area contributed by atoms with Crippen molar-refractivity contribution in [3.05, 3.63) is 17.0 Å². The molecule has 4 heterocycles.